The first-order valence-electron chi connectivity index (χ1n) is 8.91. The molecule has 0 radical (unpaired) electrons. The molecule has 1 aliphatic rings. The molecule has 3 rings (SSSR count). The minimum Gasteiger partial charge on any atom is -0.388 e. The molecular formula is C22H30N3O2+. The Morgan fingerprint density at radius 2 is 1.37 bits per heavy atom. The molecule has 0 spiro atoms. The number of nitrogens with one attached hydrogen (secondary N) is 2. The van der Waals surface area contributed by atoms with E-state index in [4.69, 9.17) is 0 Å². The second-order valence-corrected chi connectivity index (χ2v) is 7.66. The maximum atomic E-state index is 13.1. The van der Waals surface area contributed by atoms with Gasteiger partial charge in [0.2, 0.25) is 0 Å². The van der Waals surface area contributed by atoms with Crippen molar-refractivity contribution < 1.29 is 14.1 Å². The highest BCUT2D eigenvalue weighted by Crippen LogP contribution is 2.36. The van der Waals surface area contributed by atoms with Crippen molar-refractivity contribution in [1.29, 1.82) is 0 Å². The van der Waals surface area contributed by atoms with Crippen LogP contribution in [0, 0.1) is 0 Å². The lowest BCUT2D eigenvalue weighted by Gasteiger charge is -2.25. The molecule has 144 valence electrons. The molecule has 0 aromatic heterocycles. The van der Waals surface area contributed by atoms with E-state index in [0.717, 1.165) is 29.7 Å². The summed E-state index contributed by atoms with van der Waals surface area (Å²) in [6.07, 6.45) is 0.977. The normalized spacial score (nSPS) is 12.7. The summed E-state index contributed by atoms with van der Waals surface area (Å²) in [5.74, 6) is -0.198. The zero-order chi connectivity index (χ0) is 18.9. The molecule has 0 unspecified atom stereocenters. The number of nitrogens with zero attached hydrogens (tertiary/aromatic N) is 1. The molecular weight excluding hydrogens is 338 g/mol. The van der Waals surface area contributed by atoms with E-state index in [-0.39, 0.29) is 19.0 Å². The van der Waals surface area contributed by atoms with E-state index in [1.165, 1.54) is 0 Å². The Morgan fingerprint density at radius 1 is 0.852 bits per heavy atom. The zero-order valence-electron chi connectivity index (χ0n) is 15.8. The molecule has 0 aliphatic heterocycles. The first-order chi connectivity index (χ1) is 12.3. The lowest BCUT2D eigenvalue weighted by molar-refractivity contribution is -0.870. The fourth-order valence-electron chi connectivity index (χ4n) is 3.35. The topological polar surface area (TPSA) is 58.2 Å². The molecule has 2 N–H and O–H groups in total. The summed E-state index contributed by atoms with van der Waals surface area (Å²) in [7, 11) is 8.23. The SMILES string of the molecule is C.CNc1ccc(NCCC[N+](C)(C)C)c2c1C(=O)c1ccccc1C2=O. The third kappa shape index (κ3) is 4.03. The van der Waals surface area contributed by atoms with E-state index in [2.05, 4.69) is 31.8 Å². The van der Waals surface area contributed by atoms with Crippen LogP contribution >= 0.6 is 0 Å². The van der Waals surface area contributed by atoms with Crippen molar-refractivity contribution >= 4 is 22.9 Å². The summed E-state index contributed by atoms with van der Waals surface area (Å²) >= 11 is 0. The average Bonchev–Trinajstić information content (AvgIpc) is 2.62. The molecule has 0 atom stereocenters. The van der Waals surface area contributed by atoms with Crippen molar-refractivity contribution in [2.75, 3.05) is 51.9 Å². The van der Waals surface area contributed by atoms with E-state index in [1.807, 2.05) is 12.1 Å². The smallest absolute Gasteiger partial charge is 0.196 e. The van der Waals surface area contributed by atoms with Crippen LogP contribution in [-0.2, 0) is 0 Å². The largest absolute Gasteiger partial charge is 0.388 e. The lowest BCUT2D eigenvalue weighted by Crippen LogP contribution is -2.36. The molecule has 2 aromatic carbocycles. The average molecular weight is 369 g/mol. The quantitative estimate of drug-likeness (QED) is 0.515. The Balaban J connectivity index is 0.00000261. The van der Waals surface area contributed by atoms with E-state index in [1.54, 1.807) is 31.3 Å². The molecule has 2 aromatic rings. The monoisotopic (exact) mass is 368 g/mol. The van der Waals surface area contributed by atoms with Gasteiger partial charge in [-0.15, -0.1) is 0 Å². The van der Waals surface area contributed by atoms with Crippen LogP contribution in [0.15, 0.2) is 36.4 Å². The van der Waals surface area contributed by atoms with Crippen molar-refractivity contribution in [1.82, 2.24) is 0 Å². The lowest BCUT2D eigenvalue weighted by atomic mass is 9.82. The highest BCUT2D eigenvalue weighted by atomic mass is 16.1. The van der Waals surface area contributed by atoms with Crippen LogP contribution in [0.2, 0.25) is 0 Å². The van der Waals surface area contributed by atoms with Gasteiger partial charge in [0.25, 0.3) is 0 Å². The molecule has 0 saturated carbocycles. The Labute approximate surface area is 162 Å². The Hall–Kier alpha value is -2.66. The van der Waals surface area contributed by atoms with E-state index in [0.29, 0.717) is 27.9 Å². The number of quaternary nitrogens is 1. The molecule has 0 saturated heterocycles. The van der Waals surface area contributed by atoms with E-state index >= 15 is 0 Å². The third-order valence-electron chi connectivity index (χ3n) is 4.67. The number of hydrogen-bond acceptors (Lipinski definition) is 4. The highest BCUT2D eigenvalue weighted by Gasteiger charge is 2.33. The molecule has 27 heavy (non-hydrogen) atoms. The summed E-state index contributed by atoms with van der Waals surface area (Å²) in [6.45, 7) is 1.78. The van der Waals surface area contributed by atoms with Crippen molar-refractivity contribution in [3.8, 4) is 0 Å². The van der Waals surface area contributed by atoms with Gasteiger partial charge < -0.3 is 15.1 Å². The summed E-state index contributed by atoms with van der Waals surface area (Å²) in [5, 5.41) is 6.42. The Morgan fingerprint density at radius 3 is 1.89 bits per heavy atom. The number of carbonyl (C=O) groups is 2. The Kier molecular flexibility index (Phi) is 6.06. The van der Waals surface area contributed by atoms with Gasteiger partial charge in [0.15, 0.2) is 11.6 Å². The maximum absolute atomic E-state index is 13.1. The van der Waals surface area contributed by atoms with Crippen LogP contribution in [0.25, 0.3) is 0 Å². The minimum absolute atomic E-state index is 0. The highest BCUT2D eigenvalue weighted by molar-refractivity contribution is 6.31. The fourth-order valence-corrected chi connectivity index (χ4v) is 3.35. The molecule has 5 heteroatoms. The maximum Gasteiger partial charge on any atom is 0.196 e. The van der Waals surface area contributed by atoms with Crippen LogP contribution in [0.3, 0.4) is 0 Å². The predicted molar refractivity (Wildman–Crippen MR) is 112 cm³/mol. The van der Waals surface area contributed by atoms with E-state index in [9.17, 15) is 9.59 Å². The number of fused-ring (bicyclic) bond motifs is 2. The predicted octanol–water partition coefficient (Wildman–Crippen LogP) is 3.65. The molecule has 0 heterocycles. The van der Waals surface area contributed by atoms with Crippen LogP contribution in [-0.4, -0.2) is 57.3 Å². The molecule has 0 bridgehead atoms. The Bertz CT molecular complexity index is 866. The van der Waals surface area contributed by atoms with Gasteiger partial charge in [-0.3, -0.25) is 9.59 Å². The number of carbonyl (C=O) groups excluding carboxylic acids is 2. The van der Waals surface area contributed by atoms with Gasteiger partial charge >= 0.3 is 0 Å². The molecule has 5 nitrogen and oxygen atoms in total. The number of benzene rings is 2. The van der Waals surface area contributed by atoms with E-state index < -0.39 is 0 Å². The van der Waals surface area contributed by atoms with Gasteiger partial charge in [0.05, 0.1) is 38.8 Å². The second-order valence-electron chi connectivity index (χ2n) is 7.66. The van der Waals surface area contributed by atoms with Crippen molar-refractivity contribution in [3.63, 3.8) is 0 Å². The zero-order valence-corrected chi connectivity index (χ0v) is 15.8. The van der Waals surface area contributed by atoms with Crippen LogP contribution in [0.4, 0.5) is 11.4 Å². The van der Waals surface area contributed by atoms with Crippen LogP contribution in [0.5, 0.6) is 0 Å². The van der Waals surface area contributed by atoms with Gasteiger partial charge in [-0.05, 0) is 12.1 Å². The third-order valence-corrected chi connectivity index (χ3v) is 4.67. The summed E-state index contributed by atoms with van der Waals surface area (Å²) in [5.41, 5.74) is 3.31. The summed E-state index contributed by atoms with van der Waals surface area (Å²) in [6, 6.07) is 10.8. The first-order valence-corrected chi connectivity index (χ1v) is 8.91. The van der Waals surface area contributed by atoms with Crippen molar-refractivity contribution in [2.45, 2.75) is 13.8 Å². The number of anilines is 2. The molecule has 0 amide bonds. The molecule has 0 fully saturated rings. The van der Waals surface area contributed by atoms with Crippen molar-refractivity contribution in [3.05, 3.63) is 58.7 Å². The minimum atomic E-state index is -0.102. The first kappa shape index (κ1) is 20.6. The summed E-state index contributed by atoms with van der Waals surface area (Å²) in [4.78, 5) is 26.1. The van der Waals surface area contributed by atoms with Gasteiger partial charge in [-0.1, -0.05) is 31.7 Å². The standard InChI is InChI=1S/C21H25N3O2.CH4/c1-22-16-10-11-17(23-12-7-13-24(2,3)4)19-18(16)20(25)14-8-5-6-9-15(14)21(19)26;/h5-6,8-11H,7,12-13H2,1-4H3,(H-,22,23,25,26);1H4/p+1. The second kappa shape index (κ2) is 7.92. The van der Waals surface area contributed by atoms with Gasteiger partial charge in [-0.25, -0.2) is 0 Å². The molecule has 1 aliphatic carbocycles. The summed E-state index contributed by atoms with van der Waals surface area (Å²) < 4.78 is 0.892. The van der Waals surface area contributed by atoms with Gasteiger partial charge in [0, 0.05) is 42.5 Å². The number of rotatable bonds is 6. The fraction of sp³-hybridized carbons (Fsp3) is 0.364. The number of ketones is 2. The van der Waals surface area contributed by atoms with Crippen LogP contribution < -0.4 is 10.6 Å². The number of hydrogen-bond donors (Lipinski definition) is 2. The van der Waals surface area contributed by atoms with Crippen LogP contribution in [0.1, 0.15) is 45.7 Å². The van der Waals surface area contributed by atoms with Crippen molar-refractivity contribution in [2.24, 2.45) is 0 Å². The van der Waals surface area contributed by atoms with Gasteiger partial charge in [0.1, 0.15) is 0 Å². The van der Waals surface area contributed by atoms with Gasteiger partial charge in [-0.2, -0.15) is 0 Å².